The molecule has 0 bridgehead atoms. The second-order valence-corrected chi connectivity index (χ2v) is 11.4. The number of ether oxygens (including phenoxy) is 1. The van der Waals surface area contributed by atoms with E-state index in [0.29, 0.717) is 64.8 Å². The van der Waals surface area contributed by atoms with Crippen LogP contribution in [-0.2, 0) is 32.1 Å². The first-order chi connectivity index (χ1) is 19.5. The van der Waals surface area contributed by atoms with Crippen molar-refractivity contribution in [1.82, 2.24) is 25.1 Å². The number of allylic oxidation sites excluding steroid dienone is 2. The van der Waals surface area contributed by atoms with E-state index in [4.69, 9.17) is 4.74 Å². The number of piperidine rings is 1. The average molecular weight is 548 g/mol. The molecule has 2 aromatic rings. The largest absolute Gasteiger partial charge is 0.381 e. The van der Waals surface area contributed by atoms with Crippen molar-refractivity contribution < 1.29 is 19.1 Å². The molecule has 0 radical (unpaired) electrons. The summed E-state index contributed by atoms with van der Waals surface area (Å²) in [6.07, 6.45) is 14.7. The Hall–Kier alpha value is -3.46. The number of rotatable bonds is 6. The molecule has 3 aliphatic heterocycles. The highest BCUT2D eigenvalue weighted by atomic mass is 16.5. The Bertz CT molecular complexity index is 1160. The fraction of sp³-hybridized carbons (Fsp3) is 0.548. The molecule has 40 heavy (non-hydrogen) atoms. The summed E-state index contributed by atoms with van der Waals surface area (Å²) in [7, 11) is 0. The van der Waals surface area contributed by atoms with Crippen molar-refractivity contribution in [2.24, 2.45) is 11.3 Å². The van der Waals surface area contributed by atoms with Gasteiger partial charge in [0.1, 0.15) is 6.04 Å². The van der Waals surface area contributed by atoms with Gasteiger partial charge in [0.05, 0.1) is 11.7 Å². The number of likely N-dealkylation sites (tertiary alicyclic amines) is 1. The van der Waals surface area contributed by atoms with E-state index in [1.807, 2.05) is 46.0 Å². The van der Waals surface area contributed by atoms with Crippen molar-refractivity contribution in [2.45, 2.75) is 70.0 Å². The molecule has 0 unspecified atom stereocenters. The summed E-state index contributed by atoms with van der Waals surface area (Å²) in [5, 5.41) is 6.42. The number of aromatic nitrogens is 2. The van der Waals surface area contributed by atoms with Gasteiger partial charge in [-0.25, -0.2) is 4.98 Å². The Balaban J connectivity index is 1.30. The molecule has 1 aromatic carbocycles. The van der Waals surface area contributed by atoms with Crippen LogP contribution in [0.5, 0.6) is 0 Å². The Morgan fingerprint density at radius 2 is 1.93 bits per heavy atom. The van der Waals surface area contributed by atoms with Gasteiger partial charge in [0.2, 0.25) is 17.7 Å². The van der Waals surface area contributed by atoms with Gasteiger partial charge in [-0.3, -0.25) is 14.4 Å². The molecular formula is C31H41N5O4. The zero-order valence-electron chi connectivity index (χ0n) is 23.2. The predicted octanol–water partition coefficient (Wildman–Crippen LogP) is 2.87. The van der Waals surface area contributed by atoms with Crippen LogP contribution in [0.3, 0.4) is 0 Å². The summed E-state index contributed by atoms with van der Waals surface area (Å²) in [5.74, 6) is 0.0592. The van der Waals surface area contributed by atoms with Gasteiger partial charge in [0, 0.05) is 70.0 Å². The lowest BCUT2D eigenvalue weighted by atomic mass is 9.75. The van der Waals surface area contributed by atoms with Crippen LogP contribution in [0.4, 0.5) is 0 Å². The highest BCUT2D eigenvalue weighted by Gasteiger charge is 2.41. The molecular weight excluding hydrogens is 506 g/mol. The third-order valence-electron chi connectivity index (χ3n) is 8.73. The number of fused-ring (bicyclic) bond motifs is 1. The van der Waals surface area contributed by atoms with Crippen molar-refractivity contribution >= 4 is 17.7 Å². The number of hydrogen-bond acceptors (Lipinski definition) is 5. The lowest BCUT2D eigenvalue weighted by Crippen LogP contribution is -2.58. The second kappa shape index (κ2) is 13.3. The van der Waals surface area contributed by atoms with E-state index in [0.717, 1.165) is 24.9 Å². The van der Waals surface area contributed by atoms with E-state index in [1.165, 1.54) is 0 Å². The minimum absolute atomic E-state index is 0.0567. The van der Waals surface area contributed by atoms with Crippen molar-refractivity contribution in [3.63, 3.8) is 0 Å². The van der Waals surface area contributed by atoms with Crippen molar-refractivity contribution in [3.8, 4) is 0 Å². The van der Waals surface area contributed by atoms with Crippen molar-refractivity contribution in [1.29, 1.82) is 0 Å². The Morgan fingerprint density at radius 1 is 1.10 bits per heavy atom. The number of carbonyl (C=O) groups is 3. The molecule has 214 valence electrons. The fourth-order valence-electron chi connectivity index (χ4n) is 6.20. The maximum Gasteiger partial charge on any atom is 0.243 e. The summed E-state index contributed by atoms with van der Waals surface area (Å²) in [6, 6.07) is 9.11. The summed E-state index contributed by atoms with van der Waals surface area (Å²) < 4.78 is 7.58. The zero-order chi connectivity index (χ0) is 27.8. The van der Waals surface area contributed by atoms with Crippen molar-refractivity contribution in [3.05, 3.63) is 66.8 Å². The van der Waals surface area contributed by atoms with Crippen LogP contribution in [0.1, 0.15) is 50.5 Å². The summed E-state index contributed by atoms with van der Waals surface area (Å²) in [5.41, 5.74) is 0.426. The second-order valence-electron chi connectivity index (χ2n) is 11.4. The Kier molecular flexibility index (Phi) is 9.31. The number of carbonyl (C=O) groups excluding carboxylic acids is 3. The molecule has 3 amide bonds. The zero-order valence-corrected chi connectivity index (χ0v) is 23.2. The highest BCUT2D eigenvalue weighted by molar-refractivity contribution is 5.90. The number of benzene rings is 1. The van der Waals surface area contributed by atoms with Crippen LogP contribution in [-0.4, -0.2) is 70.6 Å². The van der Waals surface area contributed by atoms with Gasteiger partial charge in [0.25, 0.3) is 0 Å². The molecule has 9 heteroatoms. The summed E-state index contributed by atoms with van der Waals surface area (Å²) >= 11 is 0. The first kappa shape index (κ1) is 28.1. The molecule has 9 nitrogen and oxygen atoms in total. The molecule has 1 aromatic heterocycles. The number of nitrogens with zero attached hydrogens (tertiary/aromatic N) is 3. The number of aryl methyl sites for hydroxylation is 1. The Morgan fingerprint density at radius 3 is 2.70 bits per heavy atom. The lowest BCUT2D eigenvalue weighted by Gasteiger charge is -2.40. The van der Waals surface area contributed by atoms with Crippen LogP contribution in [0.2, 0.25) is 0 Å². The molecule has 1 spiro atoms. The maximum absolute atomic E-state index is 13.7. The standard InChI is InChI=1S/C31H41N5O4/c37-28(10-6-16-35-18-15-32-23-35)36-17-11-26-25(22-36)9-4-5-12-31(13-19-40-20-14-31)30(39)34-27(29(38)33-26)21-24-7-2-1-3-8-24/h1-5,7-8,15,18,23,25-27H,6,9-14,16-17,19-22H2,(H,33,38)(H,34,39)/b5-4+/t25-,26+,27-/m1/s1. The molecule has 2 N–H and O–H groups in total. The van der Waals surface area contributed by atoms with E-state index in [2.05, 4.69) is 27.8 Å². The van der Waals surface area contributed by atoms with Gasteiger partial charge in [-0.15, -0.1) is 0 Å². The van der Waals surface area contributed by atoms with E-state index in [-0.39, 0.29) is 29.7 Å². The monoisotopic (exact) mass is 547 g/mol. The normalized spacial score (nSPS) is 26.1. The fourth-order valence-corrected chi connectivity index (χ4v) is 6.20. The maximum atomic E-state index is 13.7. The molecule has 3 atom stereocenters. The Labute approximate surface area is 236 Å². The number of amides is 3. The van der Waals surface area contributed by atoms with Gasteiger partial charge in [-0.2, -0.15) is 0 Å². The molecule has 3 aliphatic rings. The SMILES string of the molecule is O=C1N[C@H]2CCN(C(=O)CCCn3ccnc3)C[C@H]2C/C=C/CC2(CCOCC2)C(=O)N[C@@H]1Cc1ccccc1. The van der Waals surface area contributed by atoms with E-state index >= 15 is 0 Å². The highest BCUT2D eigenvalue weighted by Crippen LogP contribution is 2.36. The van der Waals surface area contributed by atoms with Gasteiger partial charge in [0.15, 0.2) is 0 Å². The summed E-state index contributed by atoms with van der Waals surface area (Å²) in [4.78, 5) is 46.5. The number of nitrogens with one attached hydrogen (secondary N) is 2. The van der Waals surface area contributed by atoms with Crippen LogP contribution in [0, 0.1) is 11.3 Å². The molecule has 2 fully saturated rings. The molecule has 0 aliphatic carbocycles. The smallest absolute Gasteiger partial charge is 0.243 e. The number of imidazole rings is 1. The lowest BCUT2D eigenvalue weighted by molar-refractivity contribution is -0.140. The minimum atomic E-state index is -0.665. The van der Waals surface area contributed by atoms with Gasteiger partial charge in [-0.1, -0.05) is 42.5 Å². The van der Waals surface area contributed by atoms with Crippen LogP contribution in [0.25, 0.3) is 0 Å². The predicted molar refractivity (Wildman–Crippen MR) is 151 cm³/mol. The molecule has 2 saturated heterocycles. The first-order valence-corrected chi connectivity index (χ1v) is 14.6. The molecule has 5 rings (SSSR count). The minimum Gasteiger partial charge on any atom is -0.381 e. The van der Waals surface area contributed by atoms with E-state index in [1.54, 1.807) is 12.5 Å². The van der Waals surface area contributed by atoms with Gasteiger partial charge in [-0.05, 0) is 44.1 Å². The quantitative estimate of drug-likeness (QED) is 0.541. The molecule has 4 heterocycles. The van der Waals surface area contributed by atoms with Crippen LogP contribution in [0.15, 0.2) is 61.2 Å². The van der Waals surface area contributed by atoms with Gasteiger partial charge >= 0.3 is 0 Å². The first-order valence-electron chi connectivity index (χ1n) is 14.6. The van der Waals surface area contributed by atoms with Crippen molar-refractivity contribution in [2.75, 3.05) is 26.3 Å². The topological polar surface area (TPSA) is 106 Å². The number of hydrogen-bond donors (Lipinski definition) is 2. The van der Waals surface area contributed by atoms with E-state index in [9.17, 15) is 14.4 Å². The summed E-state index contributed by atoms with van der Waals surface area (Å²) in [6.45, 7) is 3.09. The van der Waals surface area contributed by atoms with E-state index < -0.39 is 11.5 Å². The third-order valence-corrected chi connectivity index (χ3v) is 8.73. The molecule has 0 saturated carbocycles. The van der Waals surface area contributed by atoms with Gasteiger partial charge < -0.3 is 24.8 Å². The van der Waals surface area contributed by atoms with Crippen LogP contribution < -0.4 is 10.6 Å². The average Bonchev–Trinajstić information content (AvgIpc) is 3.49. The van der Waals surface area contributed by atoms with Crippen LogP contribution >= 0.6 is 0 Å². The third kappa shape index (κ3) is 6.99.